The van der Waals surface area contributed by atoms with E-state index in [0.29, 0.717) is 0 Å². The Hall–Kier alpha value is -4.17. The van der Waals surface area contributed by atoms with Gasteiger partial charge >= 0.3 is 11.5 Å². The molecular weight excluding hydrogens is 392 g/mol. The van der Waals surface area contributed by atoms with Crippen LogP contribution in [0.25, 0.3) is 44.9 Å². The van der Waals surface area contributed by atoms with Crippen LogP contribution in [0.15, 0.2) is 126 Å². The first-order chi connectivity index (χ1) is 15.8. The van der Waals surface area contributed by atoms with Gasteiger partial charge in [-0.15, -0.1) is 0 Å². The molecule has 0 aliphatic rings. The highest BCUT2D eigenvalue weighted by Gasteiger charge is 2.28. The molecule has 4 aromatic carbocycles. The van der Waals surface area contributed by atoms with Gasteiger partial charge in [0.2, 0.25) is 0 Å². The zero-order chi connectivity index (χ0) is 21.8. The van der Waals surface area contributed by atoms with Crippen LogP contribution in [0.2, 0.25) is 0 Å². The topological polar surface area (TPSA) is 20.5 Å². The first-order valence-electron chi connectivity index (χ1n) is 10.7. The van der Waals surface area contributed by atoms with E-state index in [4.69, 9.17) is 9.15 Å². The zero-order valence-corrected chi connectivity index (χ0v) is 17.9. The number of hydrogen-bond acceptors (Lipinski definition) is 1. The predicted octanol–water partition coefficient (Wildman–Crippen LogP) is 8.24. The Kier molecular flexibility index (Phi) is 5.50. The molecule has 0 radical (unpaired) electrons. The number of hydrogen-bond donors (Lipinski definition) is 0. The molecule has 32 heavy (non-hydrogen) atoms. The molecule has 2 heteroatoms. The third-order valence-electron chi connectivity index (χ3n) is 5.54. The summed E-state index contributed by atoms with van der Waals surface area (Å²) in [6.07, 6.45) is 0. The number of ether oxygens (including phenoxy) is 1. The maximum atomic E-state index is 6.62. The minimum atomic E-state index is 0.828. The number of benzene rings is 4. The maximum Gasteiger partial charge on any atom is 0.369 e. The van der Waals surface area contributed by atoms with Crippen LogP contribution >= 0.6 is 0 Å². The lowest BCUT2D eigenvalue weighted by molar-refractivity contribution is 0.415. The van der Waals surface area contributed by atoms with Crippen molar-refractivity contribution in [2.45, 2.75) is 0 Å². The van der Waals surface area contributed by atoms with E-state index in [2.05, 4.69) is 66.7 Å². The molecule has 0 fully saturated rings. The van der Waals surface area contributed by atoms with Crippen molar-refractivity contribution in [1.82, 2.24) is 0 Å². The van der Waals surface area contributed by atoms with Crippen LogP contribution in [0.1, 0.15) is 0 Å². The lowest BCUT2D eigenvalue weighted by Gasteiger charge is -2.11. The highest BCUT2D eigenvalue weighted by atomic mass is 16.5. The SMILES string of the molecule is COc1ccc(-c2c(-c3ccccc3)cc(-c3ccccc3)[o+]c2-c2ccccc2)cc1. The second kappa shape index (κ2) is 8.91. The van der Waals surface area contributed by atoms with Crippen molar-refractivity contribution in [1.29, 1.82) is 0 Å². The van der Waals surface area contributed by atoms with Gasteiger partial charge in [0, 0.05) is 5.56 Å². The number of methoxy groups -OCH3 is 1. The lowest BCUT2D eigenvalue weighted by atomic mass is 9.91. The molecule has 0 aliphatic heterocycles. The molecule has 0 unspecified atom stereocenters. The van der Waals surface area contributed by atoms with Crippen molar-refractivity contribution in [2.24, 2.45) is 0 Å². The van der Waals surface area contributed by atoms with E-state index in [1.807, 2.05) is 54.6 Å². The van der Waals surface area contributed by atoms with Gasteiger partial charge in [-0.1, -0.05) is 78.9 Å². The summed E-state index contributed by atoms with van der Waals surface area (Å²) in [7, 11) is 1.68. The molecule has 154 valence electrons. The Balaban J connectivity index is 1.85. The van der Waals surface area contributed by atoms with Crippen molar-refractivity contribution in [3.8, 4) is 50.7 Å². The minimum absolute atomic E-state index is 0.828. The van der Waals surface area contributed by atoms with Crippen LogP contribution in [-0.4, -0.2) is 7.11 Å². The largest absolute Gasteiger partial charge is 0.497 e. The van der Waals surface area contributed by atoms with Crippen molar-refractivity contribution in [3.05, 3.63) is 121 Å². The molecule has 0 aliphatic carbocycles. The van der Waals surface area contributed by atoms with Crippen molar-refractivity contribution in [3.63, 3.8) is 0 Å². The van der Waals surface area contributed by atoms with Gasteiger partial charge in [-0.3, -0.25) is 0 Å². The molecule has 0 amide bonds. The molecule has 1 aromatic heterocycles. The Morgan fingerprint density at radius 1 is 0.531 bits per heavy atom. The van der Waals surface area contributed by atoms with Gasteiger partial charge in [0.05, 0.1) is 29.9 Å². The average molecular weight is 416 g/mol. The van der Waals surface area contributed by atoms with E-state index in [-0.39, 0.29) is 0 Å². The summed E-state index contributed by atoms with van der Waals surface area (Å²) in [5.74, 6) is 2.51. The summed E-state index contributed by atoms with van der Waals surface area (Å²) in [5, 5.41) is 0. The van der Waals surface area contributed by atoms with Crippen LogP contribution < -0.4 is 4.74 Å². The minimum Gasteiger partial charge on any atom is -0.497 e. The zero-order valence-electron chi connectivity index (χ0n) is 17.9. The molecular formula is C30H23O2+. The van der Waals surface area contributed by atoms with Gasteiger partial charge in [-0.25, -0.2) is 4.42 Å². The van der Waals surface area contributed by atoms with E-state index >= 15 is 0 Å². The van der Waals surface area contributed by atoms with E-state index in [1.54, 1.807) is 7.11 Å². The summed E-state index contributed by atoms with van der Waals surface area (Å²) in [4.78, 5) is 0. The van der Waals surface area contributed by atoms with E-state index < -0.39 is 0 Å². The van der Waals surface area contributed by atoms with Gasteiger partial charge in [-0.05, 0) is 47.5 Å². The second-order valence-electron chi connectivity index (χ2n) is 7.56. The van der Waals surface area contributed by atoms with Crippen molar-refractivity contribution >= 4 is 0 Å². The molecule has 2 nitrogen and oxygen atoms in total. The monoisotopic (exact) mass is 415 g/mol. The molecule has 0 N–H and O–H groups in total. The van der Waals surface area contributed by atoms with Gasteiger partial charge < -0.3 is 4.74 Å². The fourth-order valence-corrected chi connectivity index (χ4v) is 3.94. The summed E-state index contributed by atoms with van der Waals surface area (Å²) in [6, 6.07) is 41.3. The molecule has 0 bridgehead atoms. The quantitative estimate of drug-likeness (QED) is 0.269. The van der Waals surface area contributed by atoms with Crippen LogP contribution in [0, 0.1) is 0 Å². The standard InChI is InChI=1S/C30H23O2/c1-31-26-19-17-24(18-20-26)29-27(22-11-5-2-6-12-22)21-28(23-13-7-3-8-14-23)32-30(29)25-15-9-4-10-16-25/h2-21H,1H3/q+1. The molecule has 5 rings (SSSR count). The Morgan fingerprint density at radius 3 is 1.62 bits per heavy atom. The fraction of sp³-hybridized carbons (Fsp3) is 0.0333. The first-order valence-corrected chi connectivity index (χ1v) is 10.7. The highest BCUT2D eigenvalue weighted by Crippen LogP contribution is 2.43. The molecule has 0 spiro atoms. The normalized spacial score (nSPS) is 10.7. The van der Waals surface area contributed by atoms with Crippen molar-refractivity contribution < 1.29 is 9.15 Å². The third kappa shape index (κ3) is 3.91. The number of rotatable bonds is 5. The van der Waals surface area contributed by atoms with Crippen LogP contribution in [0.3, 0.4) is 0 Å². The highest BCUT2D eigenvalue weighted by molar-refractivity contribution is 5.93. The Bertz CT molecular complexity index is 1250. The molecule has 5 aromatic rings. The Labute approximate surface area is 188 Å². The average Bonchev–Trinajstić information content (AvgIpc) is 2.89. The summed E-state index contributed by atoms with van der Waals surface area (Å²) >= 11 is 0. The lowest BCUT2D eigenvalue weighted by Crippen LogP contribution is -1.93. The van der Waals surface area contributed by atoms with Crippen LogP contribution in [0.4, 0.5) is 0 Å². The van der Waals surface area contributed by atoms with Crippen LogP contribution in [0.5, 0.6) is 5.75 Å². The van der Waals surface area contributed by atoms with Gasteiger partial charge in [0.25, 0.3) is 0 Å². The molecule has 1 heterocycles. The smallest absolute Gasteiger partial charge is 0.369 e. The first kappa shape index (κ1) is 19.8. The van der Waals surface area contributed by atoms with Crippen molar-refractivity contribution in [2.75, 3.05) is 7.11 Å². The van der Waals surface area contributed by atoms with E-state index in [1.165, 1.54) is 0 Å². The summed E-state index contributed by atoms with van der Waals surface area (Å²) in [6.45, 7) is 0. The molecule has 0 saturated heterocycles. The third-order valence-corrected chi connectivity index (χ3v) is 5.54. The summed E-state index contributed by atoms with van der Waals surface area (Å²) < 4.78 is 12.0. The van der Waals surface area contributed by atoms with Gasteiger partial charge in [0.1, 0.15) is 5.75 Å². The Morgan fingerprint density at radius 2 is 1.06 bits per heavy atom. The summed E-state index contributed by atoms with van der Waals surface area (Å²) in [5.41, 5.74) is 6.48. The van der Waals surface area contributed by atoms with Crippen LogP contribution in [-0.2, 0) is 0 Å². The maximum absolute atomic E-state index is 6.62. The van der Waals surface area contributed by atoms with Gasteiger partial charge in [0.15, 0.2) is 0 Å². The fourth-order valence-electron chi connectivity index (χ4n) is 3.94. The van der Waals surface area contributed by atoms with E-state index in [9.17, 15) is 0 Å². The van der Waals surface area contributed by atoms with E-state index in [0.717, 1.165) is 50.7 Å². The molecule has 0 atom stereocenters. The molecule has 0 saturated carbocycles. The van der Waals surface area contributed by atoms with Gasteiger partial charge in [-0.2, -0.15) is 0 Å². The second-order valence-corrected chi connectivity index (χ2v) is 7.56. The predicted molar refractivity (Wildman–Crippen MR) is 131 cm³/mol.